The molecule has 0 saturated carbocycles. The monoisotopic (exact) mass is 271 g/mol. The summed E-state index contributed by atoms with van der Waals surface area (Å²) in [6.45, 7) is 2.83. The Morgan fingerprint density at radius 3 is 2.60 bits per heavy atom. The van der Waals surface area contributed by atoms with Gasteiger partial charge in [-0.2, -0.15) is 0 Å². The molecule has 1 amide bonds. The Balaban J connectivity index is 1.87. The minimum atomic E-state index is -0.441. The Bertz CT molecular complexity index is 541. The molecule has 20 heavy (non-hydrogen) atoms. The molecule has 0 saturated heterocycles. The quantitative estimate of drug-likeness (QED) is 0.876. The van der Waals surface area contributed by atoms with Gasteiger partial charge in [0.05, 0.1) is 6.61 Å². The second-order valence-electron chi connectivity index (χ2n) is 4.14. The summed E-state index contributed by atoms with van der Waals surface area (Å²) in [5.41, 5.74) is 2.79. The maximum atomic E-state index is 11.3. The fraction of sp³-hybridized carbons (Fsp3) is 0.200. The smallest absolute Gasteiger partial charge is 0.411 e. The van der Waals surface area contributed by atoms with E-state index in [1.165, 1.54) is 0 Å². The molecular formula is C15H17N3O2. The lowest BCUT2D eigenvalue weighted by atomic mass is 10.2. The van der Waals surface area contributed by atoms with Crippen LogP contribution in [-0.4, -0.2) is 17.7 Å². The topological polar surface area (TPSA) is 63.2 Å². The number of hydrogen-bond donors (Lipinski definition) is 2. The molecule has 0 radical (unpaired) electrons. The molecule has 0 spiro atoms. The highest BCUT2D eigenvalue weighted by molar-refractivity contribution is 5.84. The van der Waals surface area contributed by atoms with Crippen LogP contribution < -0.4 is 10.6 Å². The highest BCUT2D eigenvalue weighted by Gasteiger charge is 2.01. The zero-order chi connectivity index (χ0) is 14.2. The molecule has 5 heteroatoms. The largest absolute Gasteiger partial charge is 0.450 e. The number of carbonyl (C=O) groups excluding carboxylic acids is 1. The maximum Gasteiger partial charge on any atom is 0.411 e. The van der Waals surface area contributed by atoms with Gasteiger partial charge in [0.15, 0.2) is 0 Å². The first-order valence-electron chi connectivity index (χ1n) is 6.44. The average molecular weight is 271 g/mol. The van der Waals surface area contributed by atoms with Gasteiger partial charge in [0.2, 0.25) is 0 Å². The van der Waals surface area contributed by atoms with Crippen LogP contribution in [-0.2, 0) is 11.3 Å². The summed E-state index contributed by atoms with van der Waals surface area (Å²) in [6.07, 6.45) is 3.13. The molecule has 0 aliphatic carbocycles. The van der Waals surface area contributed by atoms with Crippen LogP contribution in [0.1, 0.15) is 12.5 Å². The minimum Gasteiger partial charge on any atom is -0.450 e. The van der Waals surface area contributed by atoms with Gasteiger partial charge < -0.3 is 10.1 Å². The van der Waals surface area contributed by atoms with E-state index in [1.54, 1.807) is 13.1 Å². The van der Waals surface area contributed by atoms with Crippen LogP contribution in [0.2, 0.25) is 0 Å². The summed E-state index contributed by atoms with van der Waals surface area (Å²) in [5.74, 6) is 0. The lowest BCUT2D eigenvalue weighted by Crippen LogP contribution is -2.13. The van der Waals surface area contributed by atoms with Gasteiger partial charge in [0.1, 0.15) is 0 Å². The van der Waals surface area contributed by atoms with E-state index in [9.17, 15) is 4.79 Å². The molecule has 1 aromatic heterocycles. The summed E-state index contributed by atoms with van der Waals surface area (Å²) in [7, 11) is 0. The number of hydrogen-bond acceptors (Lipinski definition) is 4. The highest BCUT2D eigenvalue weighted by Crippen LogP contribution is 2.14. The zero-order valence-corrected chi connectivity index (χ0v) is 11.3. The molecule has 5 nitrogen and oxygen atoms in total. The van der Waals surface area contributed by atoms with Crippen molar-refractivity contribution in [2.75, 3.05) is 17.2 Å². The summed E-state index contributed by atoms with van der Waals surface area (Å²) in [4.78, 5) is 15.3. The third kappa shape index (κ3) is 4.28. The van der Waals surface area contributed by atoms with E-state index in [0.717, 1.165) is 11.3 Å². The van der Waals surface area contributed by atoms with Crippen molar-refractivity contribution in [1.82, 2.24) is 4.98 Å². The molecule has 0 atom stereocenters. The van der Waals surface area contributed by atoms with Crippen LogP contribution in [0.4, 0.5) is 16.2 Å². The molecule has 2 N–H and O–H groups in total. The summed E-state index contributed by atoms with van der Waals surface area (Å²) in [6, 6.07) is 11.4. The standard InChI is InChI=1S/C15H17N3O2/c1-2-20-15(19)18-14-7-5-13(6-8-14)17-11-12-4-3-9-16-10-12/h3-10,17H,2,11H2,1H3,(H,18,19). The number of pyridine rings is 1. The number of nitrogens with zero attached hydrogens (tertiary/aromatic N) is 1. The van der Waals surface area contributed by atoms with E-state index in [0.29, 0.717) is 18.8 Å². The molecule has 1 aromatic carbocycles. The molecule has 1 heterocycles. The summed E-state index contributed by atoms with van der Waals surface area (Å²) in [5, 5.41) is 5.93. The lowest BCUT2D eigenvalue weighted by Gasteiger charge is -2.08. The number of anilines is 2. The van der Waals surface area contributed by atoms with Gasteiger partial charge in [-0.1, -0.05) is 6.07 Å². The predicted octanol–water partition coefficient (Wildman–Crippen LogP) is 3.26. The normalized spacial score (nSPS) is 9.85. The van der Waals surface area contributed by atoms with Crippen LogP contribution in [0.25, 0.3) is 0 Å². The van der Waals surface area contributed by atoms with Gasteiger partial charge in [-0.05, 0) is 42.8 Å². The first kappa shape index (κ1) is 13.9. The Labute approximate surface area is 118 Å². The van der Waals surface area contributed by atoms with E-state index in [1.807, 2.05) is 42.6 Å². The predicted molar refractivity (Wildman–Crippen MR) is 78.7 cm³/mol. The SMILES string of the molecule is CCOC(=O)Nc1ccc(NCc2cccnc2)cc1. The molecule has 104 valence electrons. The molecule has 0 unspecified atom stereocenters. The third-order valence-electron chi connectivity index (χ3n) is 2.63. The van der Waals surface area contributed by atoms with Crippen molar-refractivity contribution < 1.29 is 9.53 Å². The molecule has 2 rings (SSSR count). The minimum absolute atomic E-state index is 0.358. The van der Waals surface area contributed by atoms with Crippen molar-refractivity contribution in [2.24, 2.45) is 0 Å². The van der Waals surface area contributed by atoms with Gasteiger partial charge in [-0.15, -0.1) is 0 Å². The highest BCUT2D eigenvalue weighted by atomic mass is 16.5. The number of amides is 1. The van der Waals surface area contributed by atoms with Crippen molar-refractivity contribution in [1.29, 1.82) is 0 Å². The Kier molecular flexibility index (Phi) is 4.94. The second-order valence-corrected chi connectivity index (χ2v) is 4.14. The molecule has 0 bridgehead atoms. The summed E-state index contributed by atoms with van der Waals surface area (Å²) < 4.78 is 4.81. The van der Waals surface area contributed by atoms with Crippen LogP contribution in [0.5, 0.6) is 0 Å². The first-order valence-corrected chi connectivity index (χ1v) is 6.44. The molecular weight excluding hydrogens is 254 g/mol. The molecule has 0 aliphatic heterocycles. The van der Waals surface area contributed by atoms with Crippen LogP contribution in [0.15, 0.2) is 48.8 Å². The van der Waals surface area contributed by atoms with Gasteiger partial charge in [-0.25, -0.2) is 4.79 Å². The van der Waals surface area contributed by atoms with Gasteiger partial charge in [0.25, 0.3) is 0 Å². The van der Waals surface area contributed by atoms with Crippen molar-refractivity contribution in [2.45, 2.75) is 13.5 Å². The number of nitrogens with one attached hydrogen (secondary N) is 2. The maximum absolute atomic E-state index is 11.3. The Morgan fingerprint density at radius 1 is 1.20 bits per heavy atom. The number of ether oxygens (including phenoxy) is 1. The Morgan fingerprint density at radius 2 is 1.95 bits per heavy atom. The van der Waals surface area contributed by atoms with Gasteiger partial charge in [-0.3, -0.25) is 10.3 Å². The summed E-state index contributed by atoms with van der Waals surface area (Å²) >= 11 is 0. The van der Waals surface area contributed by atoms with Gasteiger partial charge in [0, 0.05) is 30.3 Å². The molecule has 0 fully saturated rings. The van der Waals surface area contributed by atoms with Crippen LogP contribution in [0, 0.1) is 0 Å². The molecule has 2 aromatic rings. The second kappa shape index (κ2) is 7.13. The van der Waals surface area contributed by atoms with E-state index >= 15 is 0 Å². The van der Waals surface area contributed by atoms with E-state index in [2.05, 4.69) is 15.6 Å². The van der Waals surface area contributed by atoms with Crippen molar-refractivity contribution in [3.8, 4) is 0 Å². The van der Waals surface area contributed by atoms with Gasteiger partial charge >= 0.3 is 6.09 Å². The fourth-order valence-electron chi connectivity index (χ4n) is 1.66. The van der Waals surface area contributed by atoms with E-state index in [4.69, 9.17) is 4.74 Å². The fourth-order valence-corrected chi connectivity index (χ4v) is 1.66. The van der Waals surface area contributed by atoms with Crippen LogP contribution >= 0.6 is 0 Å². The zero-order valence-electron chi connectivity index (χ0n) is 11.3. The number of aromatic nitrogens is 1. The Hall–Kier alpha value is -2.56. The molecule has 0 aliphatic rings. The number of carbonyl (C=O) groups is 1. The van der Waals surface area contributed by atoms with E-state index < -0.39 is 6.09 Å². The first-order chi connectivity index (χ1) is 9.78. The average Bonchev–Trinajstić information content (AvgIpc) is 2.48. The number of rotatable bonds is 5. The van der Waals surface area contributed by atoms with Crippen molar-refractivity contribution >= 4 is 17.5 Å². The van der Waals surface area contributed by atoms with Crippen molar-refractivity contribution in [3.63, 3.8) is 0 Å². The van der Waals surface area contributed by atoms with Crippen molar-refractivity contribution in [3.05, 3.63) is 54.4 Å². The van der Waals surface area contributed by atoms with E-state index in [-0.39, 0.29) is 0 Å². The lowest BCUT2D eigenvalue weighted by molar-refractivity contribution is 0.168. The van der Waals surface area contributed by atoms with Crippen LogP contribution in [0.3, 0.4) is 0 Å². The number of benzene rings is 1. The third-order valence-corrected chi connectivity index (χ3v) is 2.63.